The number of nitrogens with zero attached hydrogens (tertiary/aromatic N) is 2. The van der Waals surface area contributed by atoms with Gasteiger partial charge in [0.2, 0.25) is 0 Å². The number of hydrogen-bond donors (Lipinski definition) is 1. The Labute approximate surface area is 223 Å². The summed E-state index contributed by atoms with van der Waals surface area (Å²) in [5.41, 5.74) is 3.28. The largest absolute Gasteiger partial charge is 0.379 e. The van der Waals surface area contributed by atoms with Crippen LogP contribution in [-0.4, -0.2) is 68.0 Å². The molecule has 4 rings (SSSR count). The minimum Gasteiger partial charge on any atom is -0.379 e. The fourth-order valence-corrected chi connectivity index (χ4v) is 5.38. The number of carbonyl (C=O) groups excluding carboxylic acids is 1. The SMILES string of the molecule is CSc1cc(NC(=O)N(CCC(c2ccccc2)c2ccccc2)CCN2CCOCC2)ccc1Cl. The molecule has 2 amide bonds. The van der Waals surface area contributed by atoms with Crippen molar-refractivity contribution in [3.8, 4) is 0 Å². The smallest absolute Gasteiger partial charge is 0.321 e. The second-order valence-electron chi connectivity index (χ2n) is 8.88. The average molecular weight is 524 g/mol. The minimum atomic E-state index is -0.0856. The molecule has 1 fully saturated rings. The molecule has 5 nitrogen and oxygen atoms in total. The number of thioether (sulfide) groups is 1. The van der Waals surface area contributed by atoms with Gasteiger partial charge in [0.25, 0.3) is 0 Å². The lowest BCUT2D eigenvalue weighted by Gasteiger charge is -2.31. The first-order valence-electron chi connectivity index (χ1n) is 12.4. The molecule has 0 spiro atoms. The monoisotopic (exact) mass is 523 g/mol. The Hall–Kier alpha value is -2.51. The molecule has 0 bridgehead atoms. The minimum absolute atomic E-state index is 0.0856. The van der Waals surface area contributed by atoms with Crippen LogP contribution < -0.4 is 5.32 Å². The second kappa shape index (κ2) is 13.7. The van der Waals surface area contributed by atoms with E-state index in [2.05, 4.69) is 58.7 Å². The molecule has 3 aromatic carbocycles. The number of hydrogen-bond acceptors (Lipinski definition) is 4. The van der Waals surface area contributed by atoms with Crippen LogP contribution in [0.15, 0.2) is 83.8 Å². The van der Waals surface area contributed by atoms with Crippen LogP contribution in [0.3, 0.4) is 0 Å². The number of morpholine rings is 1. The molecule has 0 aliphatic carbocycles. The molecular weight excluding hydrogens is 490 g/mol. The lowest BCUT2D eigenvalue weighted by Crippen LogP contribution is -2.44. The van der Waals surface area contributed by atoms with Crippen molar-refractivity contribution in [2.75, 3.05) is 57.5 Å². The molecule has 1 aliphatic heterocycles. The Kier molecular flexibility index (Phi) is 10.1. The van der Waals surface area contributed by atoms with Gasteiger partial charge in [-0.15, -0.1) is 11.8 Å². The van der Waals surface area contributed by atoms with Crippen LogP contribution >= 0.6 is 23.4 Å². The molecule has 0 aromatic heterocycles. The average Bonchev–Trinajstić information content (AvgIpc) is 2.93. The van der Waals surface area contributed by atoms with E-state index in [1.807, 2.05) is 41.5 Å². The van der Waals surface area contributed by atoms with Crippen LogP contribution in [0.4, 0.5) is 10.5 Å². The summed E-state index contributed by atoms with van der Waals surface area (Å²) in [4.78, 5) is 18.7. The maximum Gasteiger partial charge on any atom is 0.321 e. The van der Waals surface area contributed by atoms with Crippen molar-refractivity contribution in [1.29, 1.82) is 0 Å². The Balaban J connectivity index is 1.50. The molecule has 0 atom stereocenters. The number of nitrogens with one attached hydrogen (secondary N) is 1. The first kappa shape index (κ1) is 26.6. The number of urea groups is 1. The van der Waals surface area contributed by atoms with Crippen LogP contribution in [0.1, 0.15) is 23.5 Å². The third-order valence-electron chi connectivity index (χ3n) is 6.57. The summed E-state index contributed by atoms with van der Waals surface area (Å²) in [7, 11) is 0. The normalized spacial score (nSPS) is 14.1. The van der Waals surface area contributed by atoms with E-state index in [-0.39, 0.29) is 11.9 Å². The quantitative estimate of drug-likeness (QED) is 0.310. The van der Waals surface area contributed by atoms with E-state index in [9.17, 15) is 4.79 Å². The van der Waals surface area contributed by atoms with Gasteiger partial charge >= 0.3 is 6.03 Å². The Morgan fingerprint density at radius 1 is 1.00 bits per heavy atom. The van der Waals surface area contributed by atoms with Crippen molar-refractivity contribution in [3.05, 3.63) is 95.0 Å². The van der Waals surface area contributed by atoms with Gasteiger partial charge in [-0.25, -0.2) is 4.79 Å². The topological polar surface area (TPSA) is 44.8 Å². The summed E-state index contributed by atoms with van der Waals surface area (Å²) in [5.74, 6) is 0.213. The van der Waals surface area contributed by atoms with E-state index in [4.69, 9.17) is 16.3 Å². The zero-order chi connectivity index (χ0) is 25.2. The lowest BCUT2D eigenvalue weighted by molar-refractivity contribution is 0.0351. The molecule has 0 saturated carbocycles. The van der Waals surface area contributed by atoms with Gasteiger partial charge in [0.15, 0.2) is 0 Å². The van der Waals surface area contributed by atoms with Gasteiger partial charge in [-0.1, -0.05) is 72.3 Å². The fraction of sp³-hybridized carbons (Fsp3) is 0.345. The summed E-state index contributed by atoms with van der Waals surface area (Å²) in [6.07, 6.45) is 2.82. The lowest BCUT2D eigenvalue weighted by atomic mass is 9.88. The first-order valence-corrected chi connectivity index (χ1v) is 14.0. The molecule has 0 unspecified atom stereocenters. The number of anilines is 1. The van der Waals surface area contributed by atoms with Crippen molar-refractivity contribution >= 4 is 35.1 Å². The molecule has 36 heavy (non-hydrogen) atoms. The van der Waals surface area contributed by atoms with Crippen LogP contribution in [0, 0.1) is 0 Å². The second-order valence-corrected chi connectivity index (χ2v) is 10.1. The zero-order valence-corrected chi connectivity index (χ0v) is 22.3. The highest BCUT2D eigenvalue weighted by molar-refractivity contribution is 7.98. The molecule has 1 N–H and O–H groups in total. The standard InChI is InChI=1S/C29H34ClN3O2S/c1-36-28-22-25(12-13-27(28)30)31-29(34)33(17-16-32-18-20-35-21-19-32)15-14-26(23-8-4-2-5-9-23)24-10-6-3-7-11-24/h2-13,22,26H,14-21H2,1H3,(H,31,34). The van der Waals surface area contributed by atoms with Gasteiger partial charge in [-0.2, -0.15) is 0 Å². The maximum atomic E-state index is 13.5. The van der Waals surface area contributed by atoms with Gasteiger partial charge in [-0.05, 0) is 42.0 Å². The van der Waals surface area contributed by atoms with E-state index < -0.39 is 0 Å². The number of rotatable bonds is 10. The summed E-state index contributed by atoms with van der Waals surface area (Å²) < 4.78 is 5.49. The van der Waals surface area contributed by atoms with Crippen LogP contribution in [-0.2, 0) is 4.74 Å². The fourth-order valence-electron chi connectivity index (χ4n) is 4.52. The maximum absolute atomic E-state index is 13.5. The van der Waals surface area contributed by atoms with E-state index in [0.29, 0.717) is 18.1 Å². The van der Waals surface area contributed by atoms with E-state index in [1.54, 1.807) is 11.8 Å². The molecule has 1 heterocycles. The highest BCUT2D eigenvalue weighted by Crippen LogP contribution is 2.30. The summed E-state index contributed by atoms with van der Waals surface area (Å²) >= 11 is 7.84. The predicted molar refractivity (Wildman–Crippen MR) is 150 cm³/mol. The summed E-state index contributed by atoms with van der Waals surface area (Å²) in [5, 5.41) is 3.80. The number of halogens is 1. The first-order chi connectivity index (χ1) is 17.6. The van der Waals surface area contributed by atoms with Crippen molar-refractivity contribution in [3.63, 3.8) is 0 Å². The number of amides is 2. The van der Waals surface area contributed by atoms with E-state index >= 15 is 0 Å². The summed E-state index contributed by atoms with van der Waals surface area (Å²) in [6.45, 7) is 5.44. The third kappa shape index (κ3) is 7.50. The third-order valence-corrected chi connectivity index (χ3v) is 7.79. The zero-order valence-electron chi connectivity index (χ0n) is 20.7. The van der Waals surface area contributed by atoms with Gasteiger partial charge in [0.1, 0.15) is 0 Å². The molecule has 1 saturated heterocycles. The Morgan fingerprint density at radius 2 is 1.64 bits per heavy atom. The molecule has 1 aliphatic rings. The van der Waals surface area contributed by atoms with Gasteiger partial charge in [0, 0.05) is 49.2 Å². The van der Waals surface area contributed by atoms with Gasteiger partial charge in [0.05, 0.1) is 18.2 Å². The highest BCUT2D eigenvalue weighted by atomic mass is 35.5. The van der Waals surface area contributed by atoms with Crippen molar-refractivity contribution in [2.45, 2.75) is 17.2 Å². The van der Waals surface area contributed by atoms with Crippen LogP contribution in [0.2, 0.25) is 5.02 Å². The predicted octanol–water partition coefficient (Wildman–Crippen LogP) is 6.45. The van der Waals surface area contributed by atoms with Crippen LogP contribution in [0.25, 0.3) is 0 Å². The highest BCUT2D eigenvalue weighted by Gasteiger charge is 2.21. The van der Waals surface area contributed by atoms with Crippen LogP contribution in [0.5, 0.6) is 0 Å². The van der Waals surface area contributed by atoms with Crippen molar-refractivity contribution < 1.29 is 9.53 Å². The van der Waals surface area contributed by atoms with Gasteiger partial charge < -0.3 is 15.0 Å². The molecule has 7 heteroatoms. The van der Waals surface area contributed by atoms with Gasteiger partial charge in [-0.3, -0.25) is 4.90 Å². The Morgan fingerprint density at radius 3 is 2.25 bits per heavy atom. The van der Waals surface area contributed by atoms with Crippen molar-refractivity contribution in [1.82, 2.24) is 9.80 Å². The molecular formula is C29H34ClN3O2S. The van der Waals surface area contributed by atoms with E-state index in [0.717, 1.165) is 49.9 Å². The number of ether oxygens (including phenoxy) is 1. The van der Waals surface area contributed by atoms with Crippen molar-refractivity contribution in [2.24, 2.45) is 0 Å². The van der Waals surface area contributed by atoms with E-state index in [1.165, 1.54) is 11.1 Å². The Bertz CT molecular complexity index is 1050. The number of carbonyl (C=O) groups is 1. The molecule has 3 aromatic rings. The summed E-state index contributed by atoms with van der Waals surface area (Å²) in [6, 6.07) is 26.7. The molecule has 190 valence electrons. The number of benzene rings is 3. The molecule has 0 radical (unpaired) electrons.